The Hall–Kier alpha value is -2.98. The predicted molar refractivity (Wildman–Crippen MR) is 133 cm³/mol. The first-order valence-electron chi connectivity index (χ1n) is 11.0. The highest BCUT2D eigenvalue weighted by Gasteiger charge is 2.24. The van der Waals surface area contributed by atoms with Crippen LogP contribution >= 0.6 is 23.1 Å². The van der Waals surface area contributed by atoms with Gasteiger partial charge < -0.3 is 20.3 Å². The van der Waals surface area contributed by atoms with Gasteiger partial charge in [-0.25, -0.2) is 9.97 Å². The van der Waals surface area contributed by atoms with E-state index in [1.807, 2.05) is 36.5 Å². The smallest absolute Gasteiger partial charge is 0.188 e. The average molecular weight is 493 g/mol. The number of benzene rings is 1. The summed E-state index contributed by atoms with van der Waals surface area (Å²) in [5.41, 5.74) is 2.61. The maximum atomic E-state index is 9.87. The molecule has 1 aliphatic carbocycles. The van der Waals surface area contributed by atoms with Crippen LogP contribution in [-0.4, -0.2) is 31.8 Å². The van der Waals surface area contributed by atoms with Crippen molar-refractivity contribution in [3.05, 3.63) is 83.3 Å². The second-order valence-electron chi connectivity index (χ2n) is 7.87. The van der Waals surface area contributed by atoms with Crippen molar-refractivity contribution in [2.75, 3.05) is 11.9 Å². The Morgan fingerprint density at radius 1 is 1.15 bits per heavy atom. The minimum Gasteiger partial charge on any atom is -0.482 e. The van der Waals surface area contributed by atoms with Crippen LogP contribution in [0.4, 0.5) is 10.9 Å². The Labute approximate surface area is 205 Å². The van der Waals surface area contributed by atoms with Gasteiger partial charge in [-0.05, 0) is 43.5 Å². The summed E-state index contributed by atoms with van der Waals surface area (Å²) in [5.74, 6) is 1.18. The van der Waals surface area contributed by atoms with Crippen molar-refractivity contribution < 1.29 is 14.9 Å². The molecule has 2 unspecified atom stereocenters. The highest BCUT2D eigenvalue weighted by molar-refractivity contribution is 7.99. The fourth-order valence-electron chi connectivity index (χ4n) is 3.82. The van der Waals surface area contributed by atoms with Crippen LogP contribution < -0.4 is 10.1 Å². The summed E-state index contributed by atoms with van der Waals surface area (Å²) in [6.45, 7) is -0.379. The van der Waals surface area contributed by atoms with Gasteiger partial charge in [-0.15, -0.1) is 11.3 Å². The van der Waals surface area contributed by atoms with Gasteiger partial charge in [0, 0.05) is 38.8 Å². The van der Waals surface area contributed by atoms with Crippen molar-refractivity contribution >= 4 is 34.0 Å². The topological polar surface area (TPSA) is 100 Å². The summed E-state index contributed by atoms with van der Waals surface area (Å²) in [6, 6.07) is 16.2. The average Bonchev–Trinajstić information content (AvgIpc) is 3.34. The molecule has 0 radical (unpaired) electrons. The van der Waals surface area contributed by atoms with E-state index in [0.717, 1.165) is 40.3 Å². The highest BCUT2D eigenvalue weighted by atomic mass is 32.2. The maximum absolute atomic E-state index is 9.87. The number of hydrogen-bond acceptors (Lipinski definition) is 9. The number of pyridine rings is 2. The predicted octanol–water partition coefficient (Wildman–Crippen LogP) is 5.31. The van der Waals surface area contributed by atoms with Gasteiger partial charge in [-0.3, -0.25) is 4.98 Å². The molecule has 3 heterocycles. The Bertz CT molecular complexity index is 1250. The SMILES string of the molecule is OCC(O)c1csc(Nc2ncc(Sc3ccccc3)cc2OC2CCCc3ncccc32)n1. The van der Waals surface area contributed by atoms with E-state index in [0.29, 0.717) is 22.4 Å². The molecule has 5 rings (SSSR count). The molecule has 9 heteroatoms. The van der Waals surface area contributed by atoms with Crippen molar-refractivity contribution in [2.24, 2.45) is 0 Å². The summed E-state index contributed by atoms with van der Waals surface area (Å²) in [6.07, 6.45) is 5.38. The molecule has 0 saturated carbocycles. The summed E-state index contributed by atoms with van der Waals surface area (Å²) in [7, 11) is 0. The molecule has 1 aliphatic rings. The zero-order valence-electron chi connectivity index (χ0n) is 18.3. The van der Waals surface area contributed by atoms with Crippen molar-refractivity contribution in [3.63, 3.8) is 0 Å². The summed E-state index contributed by atoms with van der Waals surface area (Å²) < 4.78 is 6.55. The lowest BCUT2D eigenvalue weighted by Crippen LogP contribution is -2.17. The number of aromatic nitrogens is 3. The third kappa shape index (κ3) is 5.23. The molecule has 0 aliphatic heterocycles. The quantitative estimate of drug-likeness (QED) is 0.304. The molecule has 3 aromatic heterocycles. The third-order valence-electron chi connectivity index (χ3n) is 5.49. The normalized spacial score (nSPS) is 16.0. The molecule has 3 N–H and O–H groups in total. The number of hydrogen-bond donors (Lipinski definition) is 3. The van der Waals surface area contributed by atoms with Crippen LogP contribution in [0.5, 0.6) is 5.75 Å². The molecule has 7 nitrogen and oxygen atoms in total. The minimum atomic E-state index is -1.01. The lowest BCUT2D eigenvalue weighted by Gasteiger charge is -2.26. The number of anilines is 2. The number of aliphatic hydroxyl groups excluding tert-OH is 2. The van der Waals surface area contributed by atoms with E-state index in [1.165, 1.54) is 11.3 Å². The number of aliphatic hydroxyl groups is 2. The van der Waals surface area contributed by atoms with Gasteiger partial charge in [0.1, 0.15) is 12.2 Å². The molecular weight excluding hydrogens is 468 g/mol. The van der Waals surface area contributed by atoms with Crippen LogP contribution in [0.2, 0.25) is 0 Å². The molecule has 0 bridgehead atoms. The Morgan fingerprint density at radius 2 is 2.03 bits per heavy atom. The van der Waals surface area contributed by atoms with E-state index in [1.54, 1.807) is 23.3 Å². The lowest BCUT2D eigenvalue weighted by molar-refractivity contribution is 0.0928. The van der Waals surface area contributed by atoms with E-state index in [2.05, 4.69) is 38.5 Å². The van der Waals surface area contributed by atoms with Gasteiger partial charge in [-0.1, -0.05) is 36.0 Å². The molecule has 174 valence electrons. The van der Waals surface area contributed by atoms with Crippen molar-refractivity contribution in [1.82, 2.24) is 15.0 Å². The molecule has 1 aromatic carbocycles. The first-order chi connectivity index (χ1) is 16.7. The minimum absolute atomic E-state index is 0.111. The van der Waals surface area contributed by atoms with Crippen LogP contribution in [-0.2, 0) is 6.42 Å². The Balaban J connectivity index is 1.45. The van der Waals surface area contributed by atoms with Crippen molar-refractivity contribution in [3.8, 4) is 5.75 Å². The number of fused-ring (bicyclic) bond motifs is 1. The van der Waals surface area contributed by atoms with E-state index >= 15 is 0 Å². The van der Waals surface area contributed by atoms with Gasteiger partial charge in [0.05, 0.1) is 12.3 Å². The fraction of sp³-hybridized carbons (Fsp3) is 0.240. The van der Waals surface area contributed by atoms with Gasteiger partial charge in [0.25, 0.3) is 0 Å². The first kappa shape index (κ1) is 22.8. The van der Waals surface area contributed by atoms with E-state index in [9.17, 15) is 10.2 Å². The largest absolute Gasteiger partial charge is 0.482 e. The van der Waals surface area contributed by atoms with Crippen LogP contribution in [0.25, 0.3) is 0 Å². The molecule has 34 heavy (non-hydrogen) atoms. The molecule has 4 aromatic rings. The number of ether oxygens (including phenoxy) is 1. The van der Waals surface area contributed by atoms with Crippen LogP contribution in [0.3, 0.4) is 0 Å². The molecular formula is C25H24N4O3S2. The number of rotatable bonds is 8. The number of aryl methyl sites for hydroxylation is 1. The first-order valence-corrected chi connectivity index (χ1v) is 12.7. The second kappa shape index (κ2) is 10.5. The molecule has 0 spiro atoms. The monoisotopic (exact) mass is 492 g/mol. The second-order valence-corrected chi connectivity index (χ2v) is 9.88. The zero-order chi connectivity index (χ0) is 23.3. The van der Waals surface area contributed by atoms with Crippen molar-refractivity contribution in [1.29, 1.82) is 0 Å². The fourth-order valence-corrected chi connectivity index (χ4v) is 5.41. The molecule has 0 amide bonds. The number of nitrogens with zero attached hydrogens (tertiary/aromatic N) is 3. The van der Waals surface area contributed by atoms with Crippen LogP contribution in [0.1, 0.15) is 42.0 Å². The van der Waals surface area contributed by atoms with E-state index in [-0.39, 0.29) is 12.7 Å². The Kier molecular flexibility index (Phi) is 7.05. The summed E-state index contributed by atoms with van der Waals surface area (Å²) in [4.78, 5) is 15.6. The summed E-state index contributed by atoms with van der Waals surface area (Å²) >= 11 is 2.95. The van der Waals surface area contributed by atoms with Crippen LogP contribution in [0.15, 0.2) is 76.1 Å². The third-order valence-corrected chi connectivity index (χ3v) is 7.23. The van der Waals surface area contributed by atoms with Gasteiger partial charge in [0.2, 0.25) is 0 Å². The molecule has 2 atom stereocenters. The van der Waals surface area contributed by atoms with E-state index in [4.69, 9.17) is 4.74 Å². The number of thiazole rings is 1. The van der Waals surface area contributed by atoms with Gasteiger partial charge in [0.15, 0.2) is 16.7 Å². The van der Waals surface area contributed by atoms with Crippen molar-refractivity contribution in [2.45, 2.75) is 41.3 Å². The van der Waals surface area contributed by atoms with E-state index < -0.39 is 6.10 Å². The van der Waals surface area contributed by atoms with Gasteiger partial charge >= 0.3 is 0 Å². The standard InChI is InChI=1S/C25H24N4O3S2/c30-14-21(31)20-15-33-25(28-20)29-24-23(12-17(13-27-24)34-16-6-2-1-3-7-16)32-22-10-4-9-19-18(22)8-5-11-26-19/h1-3,5-8,11-13,15,21-22,30-31H,4,9-10,14H2,(H,27,28,29). The highest BCUT2D eigenvalue weighted by Crippen LogP contribution is 2.39. The lowest BCUT2D eigenvalue weighted by atomic mass is 9.93. The molecule has 0 saturated heterocycles. The Morgan fingerprint density at radius 3 is 2.88 bits per heavy atom. The summed E-state index contributed by atoms with van der Waals surface area (Å²) in [5, 5.41) is 24.6. The maximum Gasteiger partial charge on any atom is 0.188 e. The zero-order valence-corrected chi connectivity index (χ0v) is 19.9. The number of nitrogens with one attached hydrogen (secondary N) is 1. The van der Waals surface area contributed by atoms with Crippen LogP contribution in [0, 0.1) is 0 Å². The molecule has 0 fully saturated rings. The van der Waals surface area contributed by atoms with Gasteiger partial charge in [-0.2, -0.15) is 0 Å².